The Morgan fingerprint density at radius 3 is 3.05 bits per heavy atom. The summed E-state index contributed by atoms with van der Waals surface area (Å²) in [6.45, 7) is 1.31. The van der Waals surface area contributed by atoms with Gasteiger partial charge in [0.25, 0.3) is 10.0 Å². The van der Waals surface area contributed by atoms with Crippen molar-refractivity contribution in [2.75, 3.05) is 10.5 Å². The normalized spacial score (nSPS) is 16.3. The number of nitrogens with one attached hydrogen (secondary N) is 1. The van der Waals surface area contributed by atoms with Gasteiger partial charge < -0.3 is 9.13 Å². The zero-order valence-corrected chi connectivity index (χ0v) is 13.1. The number of aromatic nitrogens is 4. The highest BCUT2D eigenvalue weighted by Gasteiger charge is 2.29. The number of hydrogen-bond donors (Lipinski definition) is 1. The first-order valence-electron chi connectivity index (χ1n) is 6.81. The molecule has 0 unspecified atom stereocenters. The van der Waals surface area contributed by atoms with E-state index in [0.717, 1.165) is 24.4 Å². The molecule has 22 heavy (non-hydrogen) atoms. The Bertz CT molecular complexity index is 905. The fraction of sp³-hybridized carbons (Fsp3) is 0.417. The van der Waals surface area contributed by atoms with Crippen LogP contribution in [0.1, 0.15) is 17.9 Å². The van der Waals surface area contributed by atoms with E-state index < -0.39 is 10.0 Å². The first-order chi connectivity index (χ1) is 10.6. The summed E-state index contributed by atoms with van der Waals surface area (Å²) in [5.74, 6) is 1.72. The van der Waals surface area contributed by atoms with Crippen molar-refractivity contribution in [3.63, 3.8) is 0 Å². The van der Waals surface area contributed by atoms with E-state index in [4.69, 9.17) is 0 Å². The van der Waals surface area contributed by atoms with Gasteiger partial charge in [-0.1, -0.05) is 11.8 Å². The van der Waals surface area contributed by atoms with E-state index >= 15 is 0 Å². The van der Waals surface area contributed by atoms with Gasteiger partial charge in [-0.3, -0.25) is 4.72 Å². The number of rotatable bonds is 3. The highest BCUT2D eigenvalue weighted by atomic mass is 32.2. The summed E-state index contributed by atoms with van der Waals surface area (Å²) >= 11 is 1.51. The largest absolute Gasteiger partial charge is 0.318 e. The Morgan fingerprint density at radius 1 is 1.36 bits per heavy atom. The molecule has 8 nitrogen and oxygen atoms in total. The molecule has 2 aliphatic heterocycles. The topological polar surface area (TPSA) is 106 Å². The van der Waals surface area contributed by atoms with Crippen LogP contribution in [0, 0.1) is 11.3 Å². The molecule has 0 radical (unpaired) electrons. The molecule has 10 heteroatoms. The van der Waals surface area contributed by atoms with Gasteiger partial charge in [0.15, 0.2) is 21.7 Å². The van der Waals surface area contributed by atoms with E-state index in [1.54, 1.807) is 9.13 Å². The third kappa shape index (κ3) is 1.93. The second kappa shape index (κ2) is 4.76. The number of imidazole rings is 2. The van der Waals surface area contributed by atoms with Gasteiger partial charge in [0, 0.05) is 25.3 Å². The molecule has 0 bridgehead atoms. The lowest BCUT2D eigenvalue weighted by Crippen LogP contribution is -2.18. The number of nitriles is 1. The summed E-state index contributed by atoms with van der Waals surface area (Å²) in [6, 6.07) is 2.03. The molecule has 114 valence electrons. The van der Waals surface area contributed by atoms with Gasteiger partial charge in [-0.05, 0) is 6.42 Å². The minimum absolute atomic E-state index is 0.0956. The lowest BCUT2D eigenvalue weighted by molar-refractivity contribution is 0.583. The van der Waals surface area contributed by atoms with Crippen LogP contribution < -0.4 is 4.72 Å². The molecule has 0 saturated carbocycles. The van der Waals surface area contributed by atoms with Crippen molar-refractivity contribution >= 4 is 27.6 Å². The molecule has 4 heterocycles. The molecule has 0 spiro atoms. The summed E-state index contributed by atoms with van der Waals surface area (Å²) in [5, 5.41) is 10.1. The fourth-order valence-corrected chi connectivity index (χ4v) is 4.92. The average molecular weight is 336 g/mol. The van der Waals surface area contributed by atoms with Crippen molar-refractivity contribution < 1.29 is 8.42 Å². The molecular formula is C12H12N6O2S2. The lowest BCUT2D eigenvalue weighted by Gasteiger charge is -2.08. The van der Waals surface area contributed by atoms with E-state index in [-0.39, 0.29) is 16.5 Å². The predicted octanol–water partition coefficient (Wildman–Crippen LogP) is 0.804. The molecular weight excluding hydrogens is 324 g/mol. The van der Waals surface area contributed by atoms with Gasteiger partial charge in [0.1, 0.15) is 11.9 Å². The van der Waals surface area contributed by atoms with Crippen LogP contribution >= 0.6 is 11.8 Å². The van der Waals surface area contributed by atoms with Crippen LogP contribution in [0.3, 0.4) is 0 Å². The number of thioether (sulfide) groups is 1. The molecule has 0 atom stereocenters. The maximum atomic E-state index is 12.6. The van der Waals surface area contributed by atoms with Gasteiger partial charge in [0.05, 0.1) is 6.20 Å². The molecule has 2 aromatic heterocycles. The highest BCUT2D eigenvalue weighted by molar-refractivity contribution is 7.99. The van der Waals surface area contributed by atoms with Gasteiger partial charge >= 0.3 is 0 Å². The smallest absolute Gasteiger partial charge is 0.280 e. The van der Waals surface area contributed by atoms with E-state index in [1.165, 1.54) is 18.0 Å². The molecule has 0 fully saturated rings. The van der Waals surface area contributed by atoms with E-state index in [0.29, 0.717) is 18.2 Å². The fourth-order valence-electron chi connectivity index (χ4n) is 2.79. The van der Waals surface area contributed by atoms with E-state index in [2.05, 4.69) is 14.7 Å². The van der Waals surface area contributed by atoms with Gasteiger partial charge in [0.2, 0.25) is 0 Å². The third-order valence-corrected chi connectivity index (χ3v) is 6.07. The molecule has 1 N–H and O–H groups in total. The molecule has 0 aliphatic carbocycles. The minimum atomic E-state index is -3.80. The summed E-state index contributed by atoms with van der Waals surface area (Å²) in [4.78, 5) is 8.38. The molecule has 2 aromatic rings. The average Bonchev–Trinajstić information content (AvgIpc) is 3.16. The zero-order valence-electron chi connectivity index (χ0n) is 11.5. The van der Waals surface area contributed by atoms with Gasteiger partial charge in [-0.2, -0.15) is 13.7 Å². The van der Waals surface area contributed by atoms with Crippen molar-refractivity contribution in [1.82, 2.24) is 19.1 Å². The number of hydrogen-bond acceptors (Lipinski definition) is 6. The van der Waals surface area contributed by atoms with Crippen LogP contribution in [0.25, 0.3) is 0 Å². The first-order valence-corrected chi connectivity index (χ1v) is 9.27. The van der Waals surface area contributed by atoms with Crippen LogP contribution in [-0.4, -0.2) is 33.3 Å². The highest BCUT2D eigenvalue weighted by Crippen LogP contribution is 2.31. The van der Waals surface area contributed by atoms with Gasteiger partial charge in [-0.25, -0.2) is 9.97 Å². The number of sulfonamides is 1. The molecule has 0 saturated heterocycles. The summed E-state index contributed by atoms with van der Waals surface area (Å²) in [6.07, 6.45) is 3.04. The van der Waals surface area contributed by atoms with Crippen molar-refractivity contribution in [3.8, 4) is 6.07 Å². The summed E-state index contributed by atoms with van der Waals surface area (Å²) in [7, 11) is -3.80. The Morgan fingerprint density at radius 2 is 2.23 bits per heavy atom. The molecule has 2 aliphatic rings. The van der Waals surface area contributed by atoms with Crippen LogP contribution in [0.15, 0.2) is 16.4 Å². The number of anilines is 1. The number of aryl methyl sites for hydroxylation is 1. The molecule has 4 rings (SSSR count). The number of nitrogens with zero attached hydrogens (tertiary/aromatic N) is 5. The van der Waals surface area contributed by atoms with Gasteiger partial charge in [-0.15, -0.1) is 0 Å². The first kappa shape index (κ1) is 13.7. The van der Waals surface area contributed by atoms with E-state index in [9.17, 15) is 13.7 Å². The Hall–Kier alpha value is -1.99. The third-order valence-electron chi connectivity index (χ3n) is 3.77. The number of fused-ring (bicyclic) bond motifs is 2. The summed E-state index contributed by atoms with van der Waals surface area (Å²) < 4.78 is 31.0. The SMILES string of the molecule is N#Cc1c(NS(=O)(=O)c2cnc3n2CCC3)nc2n1CCS2. The van der Waals surface area contributed by atoms with Crippen LogP contribution in [-0.2, 0) is 29.5 Å². The Labute approximate surface area is 131 Å². The molecule has 0 aromatic carbocycles. The second-order valence-electron chi connectivity index (χ2n) is 5.08. The Balaban J connectivity index is 1.73. The quantitative estimate of drug-likeness (QED) is 0.889. The summed E-state index contributed by atoms with van der Waals surface area (Å²) in [5.41, 5.74) is 0.254. The maximum Gasteiger partial charge on any atom is 0.280 e. The minimum Gasteiger partial charge on any atom is -0.318 e. The maximum absolute atomic E-state index is 12.6. The van der Waals surface area contributed by atoms with Crippen molar-refractivity contribution in [2.45, 2.75) is 36.1 Å². The van der Waals surface area contributed by atoms with Crippen molar-refractivity contribution in [3.05, 3.63) is 17.7 Å². The molecule has 0 amide bonds. The van der Waals surface area contributed by atoms with Crippen LogP contribution in [0.4, 0.5) is 5.82 Å². The monoisotopic (exact) mass is 336 g/mol. The predicted molar refractivity (Wildman–Crippen MR) is 79.0 cm³/mol. The van der Waals surface area contributed by atoms with E-state index in [1.807, 2.05) is 6.07 Å². The Kier molecular flexibility index (Phi) is 2.95. The van der Waals surface area contributed by atoms with Crippen molar-refractivity contribution in [2.24, 2.45) is 0 Å². The zero-order chi connectivity index (χ0) is 15.3. The standard InChI is InChI=1S/C12H12N6O2S2/c13-6-8-11(15-12-17(8)4-5-21-12)16-22(19,20)10-7-14-9-2-1-3-18(9)10/h7,16H,1-5H2. The van der Waals surface area contributed by atoms with Crippen molar-refractivity contribution in [1.29, 1.82) is 5.26 Å². The van der Waals surface area contributed by atoms with Crippen LogP contribution in [0.2, 0.25) is 0 Å². The van der Waals surface area contributed by atoms with Crippen LogP contribution in [0.5, 0.6) is 0 Å². The lowest BCUT2D eigenvalue weighted by atomic mass is 10.4. The second-order valence-corrected chi connectivity index (χ2v) is 7.77.